The summed E-state index contributed by atoms with van der Waals surface area (Å²) in [6, 6.07) is 8.05. The molecule has 0 spiro atoms. The Morgan fingerprint density at radius 2 is 2.07 bits per heavy atom. The Bertz CT molecular complexity index is 684. The van der Waals surface area contributed by atoms with E-state index in [0.29, 0.717) is 6.54 Å². The second-order valence-electron chi connectivity index (χ2n) is 3.67. The summed E-state index contributed by atoms with van der Waals surface area (Å²) in [5.41, 5.74) is 1.05. The topological polar surface area (TPSA) is 25.4 Å². The van der Waals surface area contributed by atoms with Gasteiger partial charge in [0.2, 0.25) is 0 Å². The molecule has 0 fully saturated rings. The molecule has 15 heavy (non-hydrogen) atoms. The van der Waals surface area contributed by atoms with E-state index >= 15 is 0 Å². The van der Waals surface area contributed by atoms with E-state index < -0.39 is 0 Å². The van der Waals surface area contributed by atoms with Gasteiger partial charge in [0, 0.05) is 5.39 Å². The molecule has 0 N–H and O–H groups in total. The van der Waals surface area contributed by atoms with Crippen LogP contribution in [0.25, 0.3) is 16.3 Å². The van der Waals surface area contributed by atoms with Crippen molar-refractivity contribution in [1.29, 1.82) is 0 Å². The molecule has 3 nitrogen and oxygen atoms in total. The molecule has 0 aliphatic rings. The molecule has 0 amide bonds. The molecule has 0 saturated carbocycles. The molecule has 3 rings (SSSR count). The van der Waals surface area contributed by atoms with Crippen LogP contribution in [0.1, 0.15) is 6.92 Å². The van der Waals surface area contributed by atoms with Crippen LogP contribution in [0, 0.1) is 0 Å². The summed E-state index contributed by atoms with van der Waals surface area (Å²) in [5.74, 6) is 0. The second kappa shape index (κ2) is 2.79. The molecule has 2 heterocycles. The Hall–Kier alpha value is -1.90. The number of hydrogen-bond donors (Lipinski definition) is 0. The Morgan fingerprint density at radius 3 is 2.87 bits per heavy atom. The molecular formula is C12H11N2O+. The predicted octanol–water partition coefficient (Wildman–Crippen LogP) is 1.20. The van der Waals surface area contributed by atoms with E-state index in [9.17, 15) is 4.79 Å². The lowest BCUT2D eigenvalue weighted by Gasteiger charge is -1.97. The van der Waals surface area contributed by atoms with Crippen molar-refractivity contribution in [3.8, 4) is 0 Å². The van der Waals surface area contributed by atoms with Crippen molar-refractivity contribution in [2.24, 2.45) is 0 Å². The number of para-hydroxylation sites is 1. The Balaban J connectivity index is 2.65. The first kappa shape index (κ1) is 8.41. The lowest BCUT2D eigenvalue weighted by Crippen LogP contribution is -2.51. The number of nitrogens with zero attached hydrogens (tertiary/aromatic N) is 2. The van der Waals surface area contributed by atoms with Crippen LogP contribution in [-0.2, 0) is 6.54 Å². The van der Waals surface area contributed by atoms with Crippen LogP contribution in [0.2, 0.25) is 0 Å². The van der Waals surface area contributed by atoms with Crippen molar-refractivity contribution < 1.29 is 4.57 Å². The van der Waals surface area contributed by atoms with Gasteiger partial charge < -0.3 is 0 Å². The molecule has 0 radical (unpaired) electrons. The normalized spacial score (nSPS) is 11.5. The van der Waals surface area contributed by atoms with Crippen molar-refractivity contribution in [3.63, 3.8) is 0 Å². The van der Waals surface area contributed by atoms with Crippen LogP contribution in [-0.4, -0.2) is 4.40 Å². The highest BCUT2D eigenvalue weighted by atomic mass is 16.1. The SMILES string of the molecule is CC[n+]1cc2cccc3ccn(c1=O)c32. The van der Waals surface area contributed by atoms with Gasteiger partial charge in [-0.1, -0.05) is 12.1 Å². The average molecular weight is 199 g/mol. The van der Waals surface area contributed by atoms with E-state index in [4.69, 9.17) is 0 Å². The zero-order chi connectivity index (χ0) is 10.4. The first-order chi connectivity index (χ1) is 7.31. The van der Waals surface area contributed by atoms with E-state index in [1.807, 2.05) is 43.6 Å². The monoisotopic (exact) mass is 199 g/mol. The molecule has 0 aliphatic heterocycles. The second-order valence-corrected chi connectivity index (χ2v) is 3.67. The van der Waals surface area contributed by atoms with Gasteiger partial charge in [0.25, 0.3) is 0 Å². The van der Waals surface area contributed by atoms with Crippen LogP contribution in [0.4, 0.5) is 0 Å². The molecule has 0 bridgehead atoms. The Morgan fingerprint density at radius 1 is 1.27 bits per heavy atom. The van der Waals surface area contributed by atoms with E-state index in [0.717, 1.165) is 16.3 Å². The lowest BCUT2D eigenvalue weighted by atomic mass is 10.2. The standard InChI is InChI=1S/C12H11N2O/c1-2-13-8-10-5-3-4-9-6-7-14(11(9)10)12(13)15/h3-8H,2H2,1H3/q+1. The van der Waals surface area contributed by atoms with Gasteiger partial charge >= 0.3 is 5.69 Å². The smallest absolute Gasteiger partial charge is 0.197 e. The van der Waals surface area contributed by atoms with E-state index in [1.165, 1.54) is 0 Å². The maximum Gasteiger partial charge on any atom is 0.503 e. The largest absolute Gasteiger partial charge is 0.503 e. The number of aryl methyl sites for hydroxylation is 1. The average Bonchev–Trinajstić information content (AvgIpc) is 2.69. The zero-order valence-corrected chi connectivity index (χ0v) is 8.47. The van der Waals surface area contributed by atoms with Gasteiger partial charge in [-0.25, -0.2) is 0 Å². The summed E-state index contributed by atoms with van der Waals surface area (Å²) >= 11 is 0. The molecule has 0 unspecified atom stereocenters. The lowest BCUT2D eigenvalue weighted by molar-refractivity contribution is -0.709. The fourth-order valence-electron chi connectivity index (χ4n) is 2.07. The van der Waals surface area contributed by atoms with Gasteiger partial charge in [0.05, 0.1) is 11.9 Å². The summed E-state index contributed by atoms with van der Waals surface area (Å²) in [5, 5.41) is 2.23. The quantitative estimate of drug-likeness (QED) is 0.541. The predicted molar refractivity (Wildman–Crippen MR) is 58.2 cm³/mol. The third-order valence-electron chi connectivity index (χ3n) is 2.83. The van der Waals surface area contributed by atoms with Crippen molar-refractivity contribution in [2.75, 3.05) is 0 Å². The van der Waals surface area contributed by atoms with Crippen LogP contribution < -0.4 is 10.3 Å². The van der Waals surface area contributed by atoms with Crippen LogP contribution in [0.5, 0.6) is 0 Å². The van der Waals surface area contributed by atoms with Crippen molar-refractivity contribution in [1.82, 2.24) is 4.40 Å². The Kier molecular flexibility index (Phi) is 1.57. The first-order valence-corrected chi connectivity index (χ1v) is 5.07. The van der Waals surface area contributed by atoms with Gasteiger partial charge in [-0.15, -0.1) is 0 Å². The van der Waals surface area contributed by atoms with Crippen molar-refractivity contribution >= 4 is 16.3 Å². The Labute approximate surface area is 86.5 Å². The van der Waals surface area contributed by atoms with Crippen molar-refractivity contribution in [3.05, 3.63) is 47.1 Å². The number of aromatic nitrogens is 2. The molecule has 0 atom stereocenters. The van der Waals surface area contributed by atoms with E-state index in [-0.39, 0.29) is 5.69 Å². The minimum absolute atomic E-state index is 0.0335. The summed E-state index contributed by atoms with van der Waals surface area (Å²) in [7, 11) is 0. The van der Waals surface area contributed by atoms with Gasteiger partial charge in [-0.2, -0.15) is 13.8 Å². The molecule has 2 aromatic heterocycles. The van der Waals surface area contributed by atoms with Crippen LogP contribution in [0.15, 0.2) is 41.5 Å². The highest BCUT2D eigenvalue weighted by Gasteiger charge is 2.14. The van der Waals surface area contributed by atoms with Crippen molar-refractivity contribution in [2.45, 2.75) is 13.5 Å². The van der Waals surface area contributed by atoms with Crippen LogP contribution in [0.3, 0.4) is 0 Å². The number of rotatable bonds is 1. The fraction of sp³-hybridized carbons (Fsp3) is 0.167. The minimum Gasteiger partial charge on any atom is -0.197 e. The van der Waals surface area contributed by atoms with E-state index in [1.54, 1.807) is 8.97 Å². The molecule has 3 heteroatoms. The van der Waals surface area contributed by atoms with Gasteiger partial charge in [-0.05, 0) is 19.1 Å². The molecule has 0 aliphatic carbocycles. The minimum atomic E-state index is 0.0335. The highest BCUT2D eigenvalue weighted by Crippen LogP contribution is 2.18. The third-order valence-corrected chi connectivity index (χ3v) is 2.83. The highest BCUT2D eigenvalue weighted by molar-refractivity contribution is 5.95. The molecule has 1 aromatic carbocycles. The molecular weight excluding hydrogens is 188 g/mol. The number of benzene rings is 1. The molecule has 74 valence electrons. The summed E-state index contributed by atoms with van der Waals surface area (Å²) in [6.07, 6.45) is 3.76. The van der Waals surface area contributed by atoms with Gasteiger partial charge in [0.15, 0.2) is 5.52 Å². The van der Waals surface area contributed by atoms with Gasteiger partial charge in [0.1, 0.15) is 12.4 Å². The maximum atomic E-state index is 12.0. The molecule has 3 aromatic rings. The first-order valence-electron chi connectivity index (χ1n) is 5.07. The summed E-state index contributed by atoms with van der Waals surface area (Å²) < 4.78 is 3.44. The third kappa shape index (κ3) is 1.00. The van der Waals surface area contributed by atoms with Crippen LogP contribution >= 0.6 is 0 Å². The molecule has 0 saturated heterocycles. The van der Waals surface area contributed by atoms with E-state index in [2.05, 4.69) is 0 Å². The summed E-state index contributed by atoms with van der Waals surface area (Å²) in [6.45, 7) is 2.68. The number of hydrogen-bond acceptors (Lipinski definition) is 1. The zero-order valence-electron chi connectivity index (χ0n) is 8.47. The van der Waals surface area contributed by atoms with Gasteiger partial charge in [-0.3, -0.25) is 0 Å². The fourth-order valence-corrected chi connectivity index (χ4v) is 2.07. The maximum absolute atomic E-state index is 12.0. The summed E-state index contributed by atoms with van der Waals surface area (Å²) in [4.78, 5) is 12.0.